The summed E-state index contributed by atoms with van der Waals surface area (Å²) in [7, 11) is -1.75. The van der Waals surface area contributed by atoms with Crippen molar-refractivity contribution in [3.63, 3.8) is 0 Å². The van der Waals surface area contributed by atoms with Gasteiger partial charge in [-0.1, -0.05) is 11.6 Å². The number of methoxy groups -OCH3 is 2. The van der Waals surface area contributed by atoms with Gasteiger partial charge in [-0.3, -0.25) is 14.8 Å². The molecule has 0 fully saturated rings. The second-order valence-corrected chi connectivity index (χ2v) is 6.72. The molecule has 0 spiro atoms. The Bertz CT molecular complexity index is 935. The molecule has 134 valence electrons. The van der Waals surface area contributed by atoms with E-state index in [1.54, 1.807) is 0 Å². The Labute approximate surface area is 147 Å². The molecule has 2 rings (SSSR count). The van der Waals surface area contributed by atoms with Gasteiger partial charge in [0.15, 0.2) is 4.90 Å². The van der Waals surface area contributed by atoms with Crippen molar-refractivity contribution in [2.75, 3.05) is 18.9 Å². The van der Waals surface area contributed by atoms with Crippen molar-refractivity contribution >= 4 is 33.0 Å². The Morgan fingerprint density at radius 2 is 1.80 bits per heavy atom. The van der Waals surface area contributed by atoms with E-state index < -0.39 is 31.3 Å². The van der Waals surface area contributed by atoms with Crippen molar-refractivity contribution in [1.29, 1.82) is 0 Å². The number of sulfonamides is 1. The van der Waals surface area contributed by atoms with Crippen LogP contribution in [-0.2, 0) is 10.0 Å². The van der Waals surface area contributed by atoms with E-state index in [2.05, 4.69) is 4.72 Å². The Kier molecular flexibility index (Phi) is 5.33. The zero-order valence-corrected chi connectivity index (χ0v) is 14.5. The molecule has 0 atom stereocenters. The van der Waals surface area contributed by atoms with Crippen LogP contribution in [0.4, 0.5) is 15.8 Å². The number of nitro benzene ring substituents is 1. The van der Waals surface area contributed by atoms with Gasteiger partial charge in [0.05, 0.1) is 35.9 Å². The third-order valence-corrected chi connectivity index (χ3v) is 4.83. The minimum absolute atomic E-state index is 0.0630. The Hall–Kier alpha value is -2.59. The lowest BCUT2D eigenvalue weighted by Crippen LogP contribution is -2.15. The number of anilines is 1. The van der Waals surface area contributed by atoms with E-state index in [0.29, 0.717) is 6.07 Å². The molecule has 11 heteroatoms. The van der Waals surface area contributed by atoms with Crippen molar-refractivity contribution in [3.8, 4) is 11.5 Å². The Morgan fingerprint density at radius 1 is 1.16 bits per heavy atom. The zero-order valence-electron chi connectivity index (χ0n) is 12.9. The summed E-state index contributed by atoms with van der Waals surface area (Å²) in [6.07, 6.45) is 0. The quantitative estimate of drug-likeness (QED) is 0.599. The fourth-order valence-electron chi connectivity index (χ4n) is 2.00. The lowest BCUT2D eigenvalue weighted by atomic mass is 10.3. The minimum atomic E-state index is -4.41. The van der Waals surface area contributed by atoms with Gasteiger partial charge in [-0.25, -0.2) is 12.8 Å². The standard InChI is InChI=1S/C14H12ClFN2O6S/c1-23-12-7-13(24-2)10(6-9(12)15)17-25(21,22)14-4-3-8(16)5-11(14)18(19)20/h3-7,17H,1-2H3. The molecule has 0 heterocycles. The van der Waals surface area contributed by atoms with E-state index >= 15 is 0 Å². The van der Waals surface area contributed by atoms with E-state index in [1.807, 2.05) is 0 Å². The van der Waals surface area contributed by atoms with Gasteiger partial charge in [0.25, 0.3) is 15.7 Å². The van der Waals surface area contributed by atoms with Crippen LogP contribution in [0, 0.1) is 15.9 Å². The molecule has 0 saturated carbocycles. The molecule has 0 aliphatic carbocycles. The predicted octanol–water partition coefficient (Wildman–Crippen LogP) is 3.21. The first-order chi connectivity index (χ1) is 11.7. The average Bonchev–Trinajstić information content (AvgIpc) is 2.54. The number of ether oxygens (including phenoxy) is 2. The third-order valence-electron chi connectivity index (χ3n) is 3.13. The van der Waals surface area contributed by atoms with E-state index in [1.165, 1.54) is 26.4 Å². The summed E-state index contributed by atoms with van der Waals surface area (Å²) >= 11 is 5.96. The highest BCUT2D eigenvalue weighted by Gasteiger charge is 2.27. The smallest absolute Gasteiger partial charge is 0.292 e. The van der Waals surface area contributed by atoms with E-state index in [9.17, 15) is 22.9 Å². The fraction of sp³-hybridized carbons (Fsp3) is 0.143. The number of halogens is 2. The lowest BCUT2D eigenvalue weighted by molar-refractivity contribution is -0.388. The van der Waals surface area contributed by atoms with E-state index in [-0.39, 0.29) is 22.2 Å². The summed E-state index contributed by atoms with van der Waals surface area (Å²) in [6.45, 7) is 0. The number of benzene rings is 2. The molecule has 2 aromatic rings. The second-order valence-electron chi connectivity index (χ2n) is 4.66. The molecule has 0 unspecified atom stereocenters. The zero-order chi connectivity index (χ0) is 18.8. The van der Waals surface area contributed by atoms with E-state index in [4.69, 9.17) is 21.1 Å². The van der Waals surface area contributed by atoms with Gasteiger partial charge in [0.2, 0.25) is 0 Å². The maximum Gasteiger partial charge on any atom is 0.292 e. The first-order valence-electron chi connectivity index (χ1n) is 6.58. The van der Waals surface area contributed by atoms with Crippen molar-refractivity contribution in [1.82, 2.24) is 0 Å². The van der Waals surface area contributed by atoms with Gasteiger partial charge >= 0.3 is 0 Å². The molecular formula is C14H12ClFN2O6S. The molecule has 0 amide bonds. The maximum absolute atomic E-state index is 13.2. The van der Waals surface area contributed by atoms with Gasteiger partial charge in [-0.15, -0.1) is 0 Å². The van der Waals surface area contributed by atoms with Crippen LogP contribution in [0.1, 0.15) is 0 Å². The number of nitro groups is 1. The molecular weight excluding hydrogens is 379 g/mol. The summed E-state index contributed by atoms with van der Waals surface area (Å²) in [6, 6.07) is 4.70. The lowest BCUT2D eigenvalue weighted by Gasteiger charge is -2.14. The molecule has 1 N–H and O–H groups in total. The van der Waals surface area contributed by atoms with Crippen LogP contribution < -0.4 is 14.2 Å². The summed E-state index contributed by atoms with van der Waals surface area (Å²) in [5.74, 6) is -0.612. The van der Waals surface area contributed by atoms with Crippen LogP contribution >= 0.6 is 11.6 Å². The maximum atomic E-state index is 13.2. The van der Waals surface area contributed by atoms with Gasteiger partial charge in [-0.05, 0) is 18.2 Å². The van der Waals surface area contributed by atoms with Crippen molar-refractivity contribution in [2.45, 2.75) is 4.90 Å². The molecule has 0 radical (unpaired) electrons. The van der Waals surface area contributed by atoms with Crippen LogP contribution in [0.3, 0.4) is 0 Å². The third kappa shape index (κ3) is 3.91. The topological polar surface area (TPSA) is 108 Å². The molecule has 25 heavy (non-hydrogen) atoms. The summed E-state index contributed by atoms with van der Waals surface area (Å²) in [4.78, 5) is 9.33. The highest BCUT2D eigenvalue weighted by Crippen LogP contribution is 2.37. The molecule has 8 nitrogen and oxygen atoms in total. The summed E-state index contributed by atoms with van der Waals surface area (Å²) in [5.41, 5.74) is -0.960. The Balaban J connectivity index is 2.54. The Morgan fingerprint density at radius 3 is 2.36 bits per heavy atom. The van der Waals surface area contributed by atoms with Crippen LogP contribution in [0.5, 0.6) is 11.5 Å². The number of nitrogens with one attached hydrogen (secondary N) is 1. The van der Waals surface area contributed by atoms with Gasteiger partial charge in [0.1, 0.15) is 17.3 Å². The van der Waals surface area contributed by atoms with Crippen molar-refractivity contribution in [3.05, 3.63) is 51.3 Å². The largest absolute Gasteiger partial charge is 0.495 e. The van der Waals surface area contributed by atoms with E-state index in [0.717, 1.165) is 12.1 Å². The molecule has 0 aromatic heterocycles. The van der Waals surface area contributed by atoms with Gasteiger partial charge < -0.3 is 9.47 Å². The van der Waals surface area contributed by atoms with Gasteiger partial charge in [-0.2, -0.15) is 0 Å². The second kappa shape index (κ2) is 7.11. The predicted molar refractivity (Wildman–Crippen MR) is 88.4 cm³/mol. The molecule has 0 bridgehead atoms. The molecule has 0 aliphatic heterocycles. The SMILES string of the molecule is COc1cc(OC)c(NS(=O)(=O)c2ccc(F)cc2[N+](=O)[O-])cc1Cl. The number of nitrogens with zero attached hydrogens (tertiary/aromatic N) is 1. The van der Waals surface area contributed by atoms with Crippen LogP contribution in [-0.4, -0.2) is 27.6 Å². The van der Waals surface area contributed by atoms with Crippen LogP contribution in [0.2, 0.25) is 5.02 Å². The highest BCUT2D eigenvalue weighted by atomic mass is 35.5. The number of rotatable bonds is 6. The fourth-order valence-corrected chi connectivity index (χ4v) is 3.46. The average molecular weight is 391 g/mol. The molecule has 0 saturated heterocycles. The first-order valence-corrected chi connectivity index (χ1v) is 8.44. The highest BCUT2D eigenvalue weighted by molar-refractivity contribution is 7.92. The number of hydrogen-bond acceptors (Lipinski definition) is 6. The summed E-state index contributed by atoms with van der Waals surface area (Å²) in [5, 5.41) is 11.1. The first kappa shape index (κ1) is 18.7. The van der Waals surface area contributed by atoms with Crippen molar-refractivity contribution in [2.24, 2.45) is 0 Å². The monoisotopic (exact) mass is 390 g/mol. The normalized spacial score (nSPS) is 11.0. The minimum Gasteiger partial charge on any atom is -0.495 e. The van der Waals surface area contributed by atoms with Crippen LogP contribution in [0.15, 0.2) is 35.2 Å². The molecule has 2 aromatic carbocycles. The van der Waals surface area contributed by atoms with Crippen molar-refractivity contribution < 1.29 is 27.2 Å². The van der Waals surface area contributed by atoms with Gasteiger partial charge in [0, 0.05) is 6.07 Å². The molecule has 0 aliphatic rings. The summed E-state index contributed by atoms with van der Waals surface area (Å²) < 4.78 is 50.4. The van der Waals surface area contributed by atoms with Crippen LogP contribution in [0.25, 0.3) is 0 Å². The number of hydrogen-bond donors (Lipinski definition) is 1.